The second-order valence-electron chi connectivity index (χ2n) is 2.85. The minimum atomic E-state index is -0.0272. The van der Waals surface area contributed by atoms with E-state index in [9.17, 15) is 0 Å². The van der Waals surface area contributed by atoms with E-state index in [0.717, 1.165) is 10.2 Å². The van der Waals surface area contributed by atoms with Crippen molar-refractivity contribution in [3.63, 3.8) is 0 Å². The van der Waals surface area contributed by atoms with Crippen LogP contribution in [0.25, 0.3) is 0 Å². The number of nitrogens with one attached hydrogen (secondary N) is 1. The second kappa shape index (κ2) is 4.53. The van der Waals surface area contributed by atoms with E-state index in [0.29, 0.717) is 5.95 Å². The van der Waals surface area contributed by atoms with E-state index in [1.165, 1.54) is 0 Å². The molecule has 1 aromatic rings. The van der Waals surface area contributed by atoms with E-state index < -0.39 is 0 Å². The SMILES string of the molecule is Cc1nc(N[C@@H](C)CO)ncc1Br. The van der Waals surface area contributed by atoms with Gasteiger partial charge in [-0.3, -0.25) is 0 Å². The van der Waals surface area contributed by atoms with E-state index in [4.69, 9.17) is 5.11 Å². The van der Waals surface area contributed by atoms with Gasteiger partial charge in [0.1, 0.15) is 0 Å². The first kappa shape index (κ1) is 10.4. The van der Waals surface area contributed by atoms with Crippen LogP contribution < -0.4 is 5.32 Å². The van der Waals surface area contributed by atoms with Crippen LogP contribution in [0, 0.1) is 6.92 Å². The van der Waals surface area contributed by atoms with Crippen LogP contribution in [0.1, 0.15) is 12.6 Å². The van der Waals surface area contributed by atoms with Crippen LogP contribution in [0.2, 0.25) is 0 Å². The van der Waals surface area contributed by atoms with Gasteiger partial charge in [0.25, 0.3) is 0 Å². The van der Waals surface area contributed by atoms with Gasteiger partial charge in [-0.15, -0.1) is 0 Å². The molecule has 1 aromatic heterocycles. The van der Waals surface area contributed by atoms with E-state index in [-0.39, 0.29) is 12.6 Å². The van der Waals surface area contributed by atoms with Crippen molar-refractivity contribution in [2.75, 3.05) is 11.9 Å². The predicted molar refractivity (Wildman–Crippen MR) is 54.6 cm³/mol. The molecule has 1 rings (SSSR count). The maximum atomic E-state index is 8.79. The molecule has 1 atom stereocenters. The highest BCUT2D eigenvalue weighted by molar-refractivity contribution is 9.10. The normalized spacial score (nSPS) is 12.6. The summed E-state index contributed by atoms with van der Waals surface area (Å²) in [4.78, 5) is 8.23. The molecular formula is C8H12BrN3O. The number of halogens is 1. The summed E-state index contributed by atoms with van der Waals surface area (Å²) in [5, 5.41) is 11.8. The summed E-state index contributed by atoms with van der Waals surface area (Å²) in [6, 6.07) is -0.0272. The Kier molecular flexibility index (Phi) is 3.62. The summed E-state index contributed by atoms with van der Waals surface area (Å²) >= 11 is 3.31. The summed E-state index contributed by atoms with van der Waals surface area (Å²) in [5.41, 5.74) is 0.877. The van der Waals surface area contributed by atoms with Crippen LogP contribution in [0.3, 0.4) is 0 Å². The van der Waals surface area contributed by atoms with Crippen LogP contribution in [0.5, 0.6) is 0 Å². The summed E-state index contributed by atoms with van der Waals surface area (Å²) in [6.45, 7) is 3.82. The first-order chi connectivity index (χ1) is 6.13. The van der Waals surface area contributed by atoms with Gasteiger partial charge < -0.3 is 10.4 Å². The number of anilines is 1. The van der Waals surface area contributed by atoms with Crippen molar-refractivity contribution < 1.29 is 5.11 Å². The Morgan fingerprint density at radius 2 is 2.38 bits per heavy atom. The third-order valence-corrected chi connectivity index (χ3v) is 2.35. The number of hydrogen-bond donors (Lipinski definition) is 2. The summed E-state index contributed by atoms with van der Waals surface area (Å²) in [7, 11) is 0. The lowest BCUT2D eigenvalue weighted by Crippen LogP contribution is -2.21. The van der Waals surface area contributed by atoms with Gasteiger partial charge in [0.2, 0.25) is 5.95 Å². The Bertz CT molecular complexity index is 293. The van der Waals surface area contributed by atoms with Gasteiger partial charge in [-0.2, -0.15) is 0 Å². The van der Waals surface area contributed by atoms with Gasteiger partial charge in [-0.25, -0.2) is 9.97 Å². The number of aliphatic hydroxyl groups is 1. The van der Waals surface area contributed by atoms with Crippen LogP contribution >= 0.6 is 15.9 Å². The topological polar surface area (TPSA) is 58.0 Å². The number of rotatable bonds is 3. The van der Waals surface area contributed by atoms with E-state index in [2.05, 4.69) is 31.2 Å². The molecule has 0 radical (unpaired) electrons. The quantitative estimate of drug-likeness (QED) is 0.844. The standard InChI is InChI=1S/C8H12BrN3O/c1-5(4-13)11-8-10-3-7(9)6(2)12-8/h3,5,13H,4H2,1-2H3,(H,10,11,12)/t5-/m0/s1. The molecule has 0 unspecified atom stereocenters. The van der Waals surface area contributed by atoms with E-state index >= 15 is 0 Å². The molecule has 4 nitrogen and oxygen atoms in total. The average molecular weight is 246 g/mol. The molecule has 0 saturated carbocycles. The van der Waals surface area contributed by atoms with Crippen molar-refractivity contribution in [1.29, 1.82) is 0 Å². The van der Waals surface area contributed by atoms with Crippen molar-refractivity contribution in [3.05, 3.63) is 16.4 Å². The summed E-state index contributed by atoms with van der Waals surface area (Å²) < 4.78 is 0.884. The van der Waals surface area contributed by atoms with Crippen LogP contribution in [-0.2, 0) is 0 Å². The van der Waals surface area contributed by atoms with Gasteiger partial charge in [-0.1, -0.05) is 0 Å². The fraction of sp³-hybridized carbons (Fsp3) is 0.500. The molecule has 0 aliphatic rings. The van der Waals surface area contributed by atoms with Gasteiger partial charge in [0, 0.05) is 12.2 Å². The Balaban J connectivity index is 2.73. The number of aromatic nitrogens is 2. The third kappa shape index (κ3) is 2.93. The molecule has 0 aromatic carbocycles. The number of nitrogens with zero attached hydrogens (tertiary/aromatic N) is 2. The predicted octanol–water partition coefficient (Wildman–Crippen LogP) is 1.34. The maximum Gasteiger partial charge on any atom is 0.223 e. The molecular weight excluding hydrogens is 234 g/mol. The van der Waals surface area contributed by atoms with Crippen LogP contribution in [-0.4, -0.2) is 27.7 Å². The van der Waals surface area contributed by atoms with E-state index in [1.807, 2.05) is 13.8 Å². The van der Waals surface area contributed by atoms with Crippen LogP contribution in [0.4, 0.5) is 5.95 Å². The minimum Gasteiger partial charge on any atom is -0.394 e. The van der Waals surface area contributed by atoms with Gasteiger partial charge in [0.15, 0.2) is 0 Å². The minimum absolute atomic E-state index is 0.0272. The maximum absolute atomic E-state index is 8.79. The first-order valence-electron chi connectivity index (χ1n) is 4.00. The molecule has 0 bridgehead atoms. The van der Waals surface area contributed by atoms with E-state index in [1.54, 1.807) is 6.20 Å². The van der Waals surface area contributed by atoms with Crippen molar-refractivity contribution >= 4 is 21.9 Å². The monoisotopic (exact) mass is 245 g/mol. The Hall–Kier alpha value is -0.680. The molecule has 72 valence electrons. The lowest BCUT2D eigenvalue weighted by atomic mass is 10.4. The highest BCUT2D eigenvalue weighted by Crippen LogP contribution is 2.13. The Morgan fingerprint density at radius 3 is 2.92 bits per heavy atom. The molecule has 5 heteroatoms. The number of aryl methyl sites for hydroxylation is 1. The van der Waals surface area contributed by atoms with Gasteiger partial charge >= 0.3 is 0 Å². The van der Waals surface area contributed by atoms with Gasteiger partial charge in [-0.05, 0) is 29.8 Å². The van der Waals surface area contributed by atoms with Crippen molar-refractivity contribution in [2.45, 2.75) is 19.9 Å². The largest absolute Gasteiger partial charge is 0.394 e. The number of hydrogen-bond acceptors (Lipinski definition) is 4. The smallest absolute Gasteiger partial charge is 0.223 e. The fourth-order valence-corrected chi connectivity index (χ4v) is 0.979. The lowest BCUT2D eigenvalue weighted by Gasteiger charge is -2.10. The van der Waals surface area contributed by atoms with Crippen molar-refractivity contribution in [3.8, 4) is 0 Å². The molecule has 0 aliphatic carbocycles. The molecule has 0 spiro atoms. The Morgan fingerprint density at radius 1 is 1.69 bits per heavy atom. The average Bonchev–Trinajstić information content (AvgIpc) is 2.11. The molecule has 1 heterocycles. The second-order valence-corrected chi connectivity index (χ2v) is 3.71. The zero-order chi connectivity index (χ0) is 9.84. The molecule has 13 heavy (non-hydrogen) atoms. The number of aliphatic hydroxyl groups excluding tert-OH is 1. The summed E-state index contributed by atoms with van der Waals surface area (Å²) in [5.74, 6) is 0.544. The zero-order valence-corrected chi connectivity index (χ0v) is 9.17. The van der Waals surface area contributed by atoms with Crippen molar-refractivity contribution in [1.82, 2.24) is 9.97 Å². The highest BCUT2D eigenvalue weighted by Gasteiger charge is 2.03. The third-order valence-electron chi connectivity index (χ3n) is 1.57. The first-order valence-corrected chi connectivity index (χ1v) is 4.79. The lowest BCUT2D eigenvalue weighted by molar-refractivity contribution is 0.281. The fourth-order valence-electron chi connectivity index (χ4n) is 0.788. The van der Waals surface area contributed by atoms with Crippen molar-refractivity contribution in [2.24, 2.45) is 0 Å². The molecule has 0 aliphatic heterocycles. The molecule has 0 fully saturated rings. The van der Waals surface area contributed by atoms with Crippen LogP contribution in [0.15, 0.2) is 10.7 Å². The molecule has 2 N–H and O–H groups in total. The van der Waals surface area contributed by atoms with Gasteiger partial charge in [0.05, 0.1) is 16.8 Å². The zero-order valence-electron chi connectivity index (χ0n) is 7.58. The summed E-state index contributed by atoms with van der Waals surface area (Å²) in [6.07, 6.45) is 1.69. The molecule has 0 saturated heterocycles. The molecule has 0 amide bonds. The Labute approximate surface area is 85.5 Å². The highest BCUT2D eigenvalue weighted by atomic mass is 79.9.